The maximum atomic E-state index is 13.8. The summed E-state index contributed by atoms with van der Waals surface area (Å²) in [5, 5.41) is 21.2. The minimum Gasteiger partial charge on any atom is -0.504 e. The molecule has 5 aliphatic carbocycles. The number of esters is 2. The molecule has 264 valence electrons. The predicted molar refractivity (Wildman–Crippen MR) is 186 cm³/mol. The van der Waals surface area contributed by atoms with Gasteiger partial charge in [0.1, 0.15) is 6.61 Å². The first kappa shape index (κ1) is 35.0. The molecule has 4 saturated carbocycles. The van der Waals surface area contributed by atoms with Crippen LogP contribution < -0.4 is 4.74 Å². The molecule has 0 bridgehead atoms. The quantitative estimate of drug-likeness (QED) is 0.180. The van der Waals surface area contributed by atoms with E-state index in [1.807, 2.05) is 0 Å². The van der Waals surface area contributed by atoms with Gasteiger partial charge in [0.2, 0.25) is 0 Å². The van der Waals surface area contributed by atoms with Gasteiger partial charge in [0.25, 0.3) is 0 Å². The highest BCUT2D eigenvalue weighted by Crippen LogP contribution is 2.76. The zero-order valence-electron chi connectivity index (χ0n) is 30.4. The number of phenolic OH excluding ortho intramolecular Hbond substituents is 1. The Morgan fingerprint density at radius 1 is 0.958 bits per heavy atom. The largest absolute Gasteiger partial charge is 0.504 e. The number of phenols is 1. The maximum Gasteiger partial charge on any atom is 0.330 e. The Labute approximate surface area is 287 Å². The summed E-state index contributed by atoms with van der Waals surface area (Å²) in [5.74, 6) is 1.45. The second kappa shape index (κ2) is 12.2. The van der Waals surface area contributed by atoms with E-state index >= 15 is 0 Å². The molecule has 0 radical (unpaired) electrons. The number of hydrogen-bond donors (Lipinski definition) is 2. The fourth-order valence-electron chi connectivity index (χ4n) is 12.4. The number of carbonyl (C=O) groups excluding carboxylic acids is 2. The van der Waals surface area contributed by atoms with E-state index in [9.17, 15) is 19.8 Å². The monoisotopic (exact) mass is 662 g/mol. The Kier molecular flexibility index (Phi) is 8.91. The zero-order chi connectivity index (χ0) is 34.9. The molecule has 0 aliphatic heterocycles. The molecular formula is C41H58O7. The molecule has 2 N–H and O–H groups in total. The number of ether oxygens (including phenoxy) is 3. The molecule has 1 aromatic carbocycles. The van der Waals surface area contributed by atoms with E-state index in [0.717, 1.165) is 63.4 Å². The van der Waals surface area contributed by atoms with Gasteiger partial charge in [0, 0.05) is 11.5 Å². The van der Waals surface area contributed by atoms with Crippen LogP contribution in [0.1, 0.15) is 105 Å². The van der Waals surface area contributed by atoms with E-state index in [4.69, 9.17) is 14.2 Å². The maximum absolute atomic E-state index is 13.8. The van der Waals surface area contributed by atoms with Crippen LogP contribution in [0.5, 0.6) is 11.5 Å². The van der Waals surface area contributed by atoms with E-state index in [0.29, 0.717) is 29.4 Å². The Morgan fingerprint density at radius 3 is 2.42 bits per heavy atom. The number of aliphatic hydroxyl groups excluding tert-OH is 1. The number of carbonyl (C=O) groups is 2. The van der Waals surface area contributed by atoms with Crippen LogP contribution in [-0.2, 0) is 19.1 Å². The lowest BCUT2D eigenvalue weighted by atomic mass is 9.33. The van der Waals surface area contributed by atoms with Crippen LogP contribution in [0, 0.1) is 56.7 Å². The van der Waals surface area contributed by atoms with Crippen molar-refractivity contribution in [1.82, 2.24) is 0 Å². The molecule has 6 rings (SSSR count). The van der Waals surface area contributed by atoms with Gasteiger partial charge >= 0.3 is 11.9 Å². The summed E-state index contributed by atoms with van der Waals surface area (Å²) in [4.78, 5) is 27.4. The number of benzene rings is 1. The highest BCUT2D eigenvalue weighted by atomic mass is 16.5. The van der Waals surface area contributed by atoms with Crippen molar-refractivity contribution in [3.8, 4) is 11.5 Å². The van der Waals surface area contributed by atoms with Crippen molar-refractivity contribution in [3.05, 3.63) is 41.5 Å². The molecule has 5 aliphatic rings. The van der Waals surface area contributed by atoms with Crippen LogP contribution in [0.3, 0.4) is 0 Å². The SMILES string of the molecule is COC(=O)[C@]12CC[C@@H](C)[C@H](C)[C@H]1C1=CC[C@@H]3[C@@]4(C)CC[C@H](O)C(C)(C)[C@@H]4CC[C@@]3(C)[C@]1(COC(=O)/C=C/c1ccc(O)c(OC)c1)CC2. The van der Waals surface area contributed by atoms with Crippen molar-refractivity contribution in [2.24, 2.45) is 56.7 Å². The average Bonchev–Trinajstić information content (AvgIpc) is 3.06. The van der Waals surface area contributed by atoms with Crippen molar-refractivity contribution in [2.75, 3.05) is 20.8 Å². The molecule has 0 heterocycles. The number of fused-ring (bicyclic) bond motifs is 7. The lowest BCUT2D eigenvalue weighted by Gasteiger charge is -2.71. The topological polar surface area (TPSA) is 102 Å². The normalized spacial score (nSPS) is 41.6. The predicted octanol–water partition coefficient (Wildman–Crippen LogP) is 8.13. The molecule has 0 saturated heterocycles. The van der Waals surface area contributed by atoms with Gasteiger partial charge in [0.15, 0.2) is 11.5 Å². The smallest absolute Gasteiger partial charge is 0.330 e. The van der Waals surface area contributed by atoms with Crippen LogP contribution in [0.15, 0.2) is 35.9 Å². The summed E-state index contributed by atoms with van der Waals surface area (Å²) in [6.07, 6.45) is 13.4. The summed E-state index contributed by atoms with van der Waals surface area (Å²) in [6.45, 7) is 14.4. The van der Waals surface area contributed by atoms with Crippen LogP contribution in [0.2, 0.25) is 0 Å². The Hall–Kier alpha value is -2.80. The number of allylic oxidation sites excluding steroid dienone is 1. The fraction of sp³-hybridized carbons (Fsp3) is 0.707. The van der Waals surface area contributed by atoms with E-state index < -0.39 is 16.8 Å². The number of rotatable bonds is 6. The van der Waals surface area contributed by atoms with Crippen LogP contribution in [0.25, 0.3) is 6.08 Å². The van der Waals surface area contributed by atoms with Crippen LogP contribution in [0.4, 0.5) is 0 Å². The highest BCUT2D eigenvalue weighted by Gasteiger charge is 2.71. The van der Waals surface area contributed by atoms with Gasteiger partial charge in [-0.1, -0.05) is 59.3 Å². The second-order valence-electron chi connectivity index (χ2n) is 17.3. The van der Waals surface area contributed by atoms with Crippen LogP contribution >= 0.6 is 0 Å². The zero-order valence-corrected chi connectivity index (χ0v) is 30.4. The van der Waals surface area contributed by atoms with Crippen molar-refractivity contribution in [3.63, 3.8) is 0 Å². The number of methoxy groups -OCH3 is 2. The lowest BCUT2D eigenvalue weighted by Crippen LogP contribution is -2.67. The molecule has 48 heavy (non-hydrogen) atoms. The van der Waals surface area contributed by atoms with Crippen molar-refractivity contribution >= 4 is 18.0 Å². The van der Waals surface area contributed by atoms with E-state index in [2.05, 4.69) is 47.6 Å². The van der Waals surface area contributed by atoms with Crippen LogP contribution in [-0.4, -0.2) is 49.1 Å². The molecular weight excluding hydrogens is 604 g/mol. The molecule has 0 aromatic heterocycles. The third-order valence-corrected chi connectivity index (χ3v) is 15.3. The summed E-state index contributed by atoms with van der Waals surface area (Å²) >= 11 is 0. The molecule has 4 fully saturated rings. The molecule has 0 spiro atoms. The summed E-state index contributed by atoms with van der Waals surface area (Å²) in [6, 6.07) is 4.97. The third-order valence-electron chi connectivity index (χ3n) is 15.3. The standard InChI is InChI=1S/C41H58O7/c1-25-15-20-40(36(45)47-8)21-22-41(24-48-34(44)14-10-27-9-12-29(42)30(23-27)46-7)28(35(40)26(25)2)11-13-32-38(5)18-17-33(43)37(3,4)31(38)16-19-39(32,41)6/h9-12,14,23,25-26,31-33,35,42-43H,13,15-22,24H2,1-8H3/b14-10+/t25-,26+,31+,32-,33+,35+,38+,39-,40+,41+/m1/s1. The fourth-order valence-corrected chi connectivity index (χ4v) is 12.4. The summed E-state index contributed by atoms with van der Waals surface area (Å²) < 4.78 is 17.2. The van der Waals surface area contributed by atoms with E-state index in [1.165, 1.54) is 25.9 Å². The minimum atomic E-state index is -0.556. The van der Waals surface area contributed by atoms with E-state index in [1.54, 1.807) is 24.3 Å². The van der Waals surface area contributed by atoms with Gasteiger partial charge in [-0.2, -0.15) is 0 Å². The molecule has 7 nitrogen and oxygen atoms in total. The Morgan fingerprint density at radius 2 is 1.71 bits per heavy atom. The minimum absolute atomic E-state index is 0.0362. The van der Waals surface area contributed by atoms with Gasteiger partial charge in [-0.15, -0.1) is 0 Å². The van der Waals surface area contributed by atoms with Gasteiger partial charge < -0.3 is 24.4 Å². The van der Waals surface area contributed by atoms with Gasteiger partial charge in [-0.25, -0.2) is 4.79 Å². The molecule has 7 heteroatoms. The third kappa shape index (κ3) is 4.99. The van der Waals surface area contributed by atoms with Crippen molar-refractivity contribution in [1.29, 1.82) is 0 Å². The summed E-state index contributed by atoms with van der Waals surface area (Å²) in [5.41, 5.74) is 0.798. The first-order chi connectivity index (χ1) is 22.6. The first-order valence-corrected chi connectivity index (χ1v) is 18.3. The summed E-state index contributed by atoms with van der Waals surface area (Å²) in [7, 11) is 3.03. The second-order valence-corrected chi connectivity index (χ2v) is 17.3. The molecule has 10 atom stereocenters. The Balaban J connectivity index is 1.41. The number of aliphatic hydroxyl groups is 1. The van der Waals surface area contributed by atoms with Gasteiger partial charge in [-0.3, -0.25) is 4.79 Å². The van der Waals surface area contributed by atoms with Crippen molar-refractivity contribution in [2.45, 2.75) is 105 Å². The highest BCUT2D eigenvalue weighted by molar-refractivity contribution is 5.87. The average molecular weight is 663 g/mol. The molecule has 1 aromatic rings. The molecule has 0 amide bonds. The van der Waals surface area contributed by atoms with E-state index in [-0.39, 0.29) is 46.6 Å². The number of hydrogen-bond acceptors (Lipinski definition) is 7. The Bertz CT molecular complexity index is 1490. The number of aromatic hydroxyl groups is 1. The lowest BCUT2D eigenvalue weighted by molar-refractivity contribution is -0.218. The van der Waals surface area contributed by atoms with Gasteiger partial charge in [-0.05, 0) is 127 Å². The van der Waals surface area contributed by atoms with Gasteiger partial charge in [0.05, 0.1) is 25.7 Å². The molecule has 0 unspecified atom stereocenters. The van der Waals surface area contributed by atoms with Crippen molar-refractivity contribution < 1.29 is 34.0 Å². The first-order valence-electron chi connectivity index (χ1n) is 18.3.